The molecule has 3 heteroatoms. The van der Waals surface area contributed by atoms with Crippen molar-refractivity contribution in [2.45, 2.75) is 57.9 Å². The number of hydrogen-bond donors (Lipinski definition) is 2. The summed E-state index contributed by atoms with van der Waals surface area (Å²) in [5.74, 6) is 2.01. The summed E-state index contributed by atoms with van der Waals surface area (Å²) in [6.45, 7) is 4.46. The Hall–Kier alpha value is -1.35. The molecule has 1 saturated carbocycles. The van der Waals surface area contributed by atoms with Gasteiger partial charge in [-0.15, -0.1) is 0 Å². The second-order valence-corrected chi connectivity index (χ2v) is 7.77. The first-order chi connectivity index (χ1) is 11.7. The lowest BCUT2D eigenvalue weighted by Crippen LogP contribution is -2.36. The van der Waals surface area contributed by atoms with Gasteiger partial charge in [-0.2, -0.15) is 0 Å². The van der Waals surface area contributed by atoms with Gasteiger partial charge in [0.15, 0.2) is 0 Å². The fourth-order valence-corrected chi connectivity index (χ4v) is 4.53. The van der Waals surface area contributed by atoms with E-state index in [-0.39, 0.29) is 11.9 Å². The number of nitrogens with one attached hydrogen (secondary N) is 2. The molecule has 3 rings (SSSR count). The van der Waals surface area contributed by atoms with Crippen molar-refractivity contribution in [2.24, 2.45) is 17.8 Å². The average molecular weight is 329 g/mol. The van der Waals surface area contributed by atoms with Crippen LogP contribution >= 0.6 is 0 Å². The van der Waals surface area contributed by atoms with Gasteiger partial charge in [-0.05, 0) is 62.1 Å². The van der Waals surface area contributed by atoms with Gasteiger partial charge in [0.05, 0.1) is 6.04 Å². The van der Waals surface area contributed by atoms with E-state index in [1.807, 2.05) is 0 Å². The smallest absolute Gasteiger partial charge is 0.220 e. The fourth-order valence-electron chi connectivity index (χ4n) is 4.53. The summed E-state index contributed by atoms with van der Waals surface area (Å²) in [4.78, 5) is 12.7. The Balaban J connectivity index is 1.60. The quantitative estimate of drug-likeness (QED) is 0.827. The Morgan fingerprint density at radius 1 is 1.08 bits per heavy atom. The van der Waals surface area contributed by atoms with Crippen molar-refractivity contribution in [1.29, 1.82) is 0 Å². The maximum atomic E-state index is 12.7. The first-order valence-corrected chi connectivity index (χ1v) is 9.79. The van der Waals surface area contributed by atoms with Crippen LogP contribution in [-0.2, 0) is 4.79 Å². The predicted octanol–water partition coefficient (Wildman–Crippen LogP) is 4.06. The summed E-state index contributed by atoms with van der Waals surface area (Å²) < 4.78 is 0. The molecule has 1 aliphatic heterocycles. The molecule has 2 aliphatic rings. The third kappa shape index (κ3) is 4.60. The highest BCUT2D eigenvalue weighted by Gasteiger charge is 2.29. The van der Waals surface area contributed by atoms with Crippen LogP contribution in [0.3, 0.4) is 0 Å². The van der Waals surface area contributed by atoms with Crippen molar-refractivity contribution in [2.75, 3.05) is 13.1 Å². The van der Waals surface area contributed by atoms with Crippen molar-refractivity contribution in [1.82, 2.24) is 10.6 Å². The third-order valence-electron chi connectivity index (χ3n) is 6.04. The molecule has 0 aromatic heterocycles. The van der Waals surface area contributed by atoms with Gasteiger partial charge in [-0.1, -0.05) is 50.1 Å². The number of carbonyl (C=O) groups is 1. The zero-order valence-corrected chi connectivity index (χ0v) is 15.0. The van der Waals surface area contributed by atoms with E-state index in [0.717, 1.165) is 13.1 Å². The van der Waals surface area contributed by atoms with Crippen molar-refractivity contribution in [3.05, 3.63) is 35.9 Å². The zero-order chi connectivity index (χ0) is 16.8. The molecular weight excluding hydrogens is 296 g/mol. The average Bonchev–Trinajstić information content (AvgIpc) is 3.15. The zero-order valence-electron chi connectivity index (χ0n) is 15.0. The number of carbonyl (C=O) groups excluding carboxylic acids is 1. The molecule has 2 atom stereocenters. The molecule has 0 radical (unpaired) electrons. The summed E-state index contributed by atoms with van der Waals surface area (Å²) in [7, 11) is 0. The maximum absolute atomic E-state index is 12.7. The van der Waals surface area contributed by atoms with Crippen LogP contribution in [0, 0.1) is 17.8 Å². The van der Waals surface area contributed by atoms with Gasteiger partial charge in [0.1, 0.15) is 0 Å². The van der Waals surface area contributed by atoms with E-state index in [1.165, 1.54) is 44.1 Å². The van der Waals surface area contributed by atoms with Crippen LogP contribution < -0.4 is 10.6 Å². The molecule has 2 fully saturated rings. The Morgan fingerprint density at radius 3 is 2.42 bits per heavy atom. The Morgan fingerprint density at radius 2 is 1.75 bits per heavy atom. The summed E-state index contributed by atoms with van der Waals surface area (Å²) in [6.07, 6.45) is 8.16. The van der Waals surface area contributed by atoms with E-state index in [1.54, 1.807) is 0 Å². The predicted molar refractivity (Wildman–Crippen MR) is 98.7 cm³/mol. The Bertz CT molecular complexity index is 504. The molecular formula is C21H32N2O. The largest absolute Gasteiger partial charge is 0.349 e. The lowest BCUT2D eigenvalue weighted by molar-refractivity contribution is -0.123. The minimum absolute atomic E-state index is 0.196. The fraction of sp³-hybridized carbons (Fsp3) is 0.667. The molecule has 1 aromatic carbocycles. The van der Waals surface area contributed by atoms with Crippen molar-refractivity contribution < 1.29 is 4.79 Å². The van der Waals surface area contributed by atoms with E-state index >= 15 is 0 Å². The highest BCUT2D eigenvalue weighted by atomic mass is 16.1. The second kappa shape index (κ2) is 8.66. The van der Waals surface area contributed by atoms with Crippen molar-refractivity contribution in [3.63, 3.8) is 0 Å². The highest BCUT2D eigenvalue weighted by molar-refractivity contribution is 5.76. The molecule has 1 aliphatic carbocycles. The third-order valence-corrected chi connectivity index (χ3v) is 6.04. The van der Waals surface area contributed by atoms with Gasteiger partial charge >= 0.3 is 0 Å². The summed E-state index contributed by atoms with van der Waals surface area (Å²) in [5, 5.41) is 6.80. The lowest BCUT2D eigenvalue weighted by Gasteiger charge is -2.29. The van der Waals surface area contributed by atoms with Crippen LogP contribution in [0.1, 0.15) is 63.5 Å². The van der Waals surface area contributed by atoms with Crippen LogP contribution in [0.5, 0.6) is 0 Å². The first-order valence-electron chi connectivity index (χ1n) is 9.79. The maximum Gasteiger partial charge on any atom is 0.220 e. The van der Waals surface area contributed by atoms with Gasteiger partial charge in [-0.25, -0.2) is 0 Å². The molecule has 0 bridgehead atoms. The molecule has 24 heavy (non-hydrogen) atoms. The van der Waals surface area contributed by atoms with Crippen LogP contribution in [0.4, 0.5) is 0 Å². The molecule has 2 N–H and O–H groups in total. The van der Waals surface area contributed by atoms with Crippen molar-refractivity contribution >= 4 is 5.91 Å². The van der Waals surface area contributed by atoms with Gasteiger partial charge in [-0.3, -0.25) is 4.79 Å². The summed E-state index contributed by atoms with van der Waals surface area (Å²) in [5.41, 5.74) is 1.27. The molecule has 1 aromatic rings. The van der Waals surface area contributed by atoms with E-state index in [4.69, 9.17) is 0 Å². The number of piperidine rings is 1. The molecule has 0 spiro atoms. The summed E-state index contributed by atoms with van der Waals surface area (Å²) >= 11 is 0. The van der Waals surface area contributed by atoms with Crippen LogP contribution in [0.15, 0.2) is 30.3 Å². The highest BCUT2D eigenvalue weighted by Crippen LogP contribution is 2.36. The van der Waals surface area contributed by atoms with Gasteiger partial charge in [0.2, 0.25) is 5.91 Å². The lowest BCUT2D eigenvalue weighted by atomic mass is 9.83. The molecule has 2 unspecified atom stereocenters. The number of hydrogen-bond acceptors (Lipinski definition) is 2. The van der Waals surface area contributed by atoms with Crippen LogP contribution in [0.25, 0.3) is 0 Å². The molecule has 132 valence electrons. The molecule has 1 heterocycles. The minimum Gasteiger partial charge on any atom is -0.349 e. The van der Waals surface area contributed by atoms with E-state index < -0.39 is 0 Å². The Labute approximate surface area is 146 Å². The van der Waals surface area contributed by atoms with Gasteiger partial charge in [0, 0.05) is 6.42 Å². The van der Waals surface area contributed by atoms with E-state index in [2.05, 4.69) is 47.9 Å². The molecule has 1 saturated heterocycles. The standard InChI is InChI=1S/C21H32N2O/c1-16(17-11-13-22-14-12-17)15-20(24)23-21(19-9-5-6-10-19)18-7-3-2-4-8-18/h2-4,7-8,16-17,19,21-22H,5-6,9-15H2,1H3,(H,23,24). The molecule has 1 amide bonds. The van der Waals surface area contributed by atoms with E-state index in [9.17, 15) is 4.79 Å². The van der Waals surface area contributed by atoms with Crippen LogP contribution in [-0.4, -0.2) is 19.0 Å². The normalized spacial score (nSPS) is 22.2. The second-order valence-electron chi connectivity index (χ2n) is 7.77. The summed E-state index contributed by atoms with van der Waals surface area (Å²) in [6, 6.07) is 10.7. The number of rotatable bonds is 6. The minimum atomic E-state index is 0.196. The first kappa shape index (κ1) is 17.5. The van der Waals surface area contributed by atoms with E-state index in [0.29, 0.717) is 24.2 Å². The number of amides is 1. The van der Waals surface area contributed by atoms with Crippen LogP contribution in [0.2, 0.25) is 0 Å². The van der Waals surface area contributed by atoms with Gasteiger partial charge < -0.3 is 10.6 Å². The number of benzene rings is 1. The SMILES string of the molecule is CC(CC(=O)NC(c1ccccc1)C1CCCC1)C1CCNCC1. The topological polar surface area (TPSA) is 41.1 Å². The molecule has 3 nitrogen and oxygen atoms in total. The monoisotopic (exact) mass is 328 g/mol. The Kier molecular flexibility index (Phi) is 6.30. The van der Waals surface area contributed by atoms with Crippen molar-refractivity contribution in [3.8, 4) is 0 Å². The van der Waals surface area contributed by atoms with Gasteiger partial charge in [0.25, 0.3) is 0 Å².